The molecule has 1 N–H and O–H groups in total. The molecule has 1 amide bonds. The molecule has 0 saturated heterocycles. The van der Waals surface area contributed by atoms with Crippen LogP contribution in [-0.2, 0) is 21.2 Å². The molecule has 22 heavy (non-hydrogen) atoms. The lowest BCUT2D eigenvalue weighted by Gasteiger charge is -2.17. The molecule has 0 spiro atoms. The van der Waals surface area contributed by atoms with E-state index in [2.05, 4.69) is 5.92 Å². The molecule has 0 heterocycles. The smallest absolute Gasteiger partial charge is 0.334 e. The number of halogens is 3. The molecular weight excluding hydrogens is 321 g/mol. The van der Waals surface area contributed by atoms with Crippen LogP contribution in [0.2, 0.25) is 0 Å². The van der Waals surface area contributed by atoms with Gasteiger partial charge < -0.3 is 4.90 Å². The van der Waals surface area contributed by atoms with Gasteiger partial charge in [-0.1, -0.05) is 24.1 Å². The molecule has 120 valence electrons. The second-order valence-electron chi connectivity index (χ2n) is 4.34. The molecular formula is C13H13F3N2O3S. The van der Waals surface area contributed by atoms with Crippen LogP contribution < -0.4 is 4.72 Å². The number of para-hydroxylation sites is 1. The van der Waals surface area contributed by atoms with Gasteiger partial charge >= 0.3 is 15.5 Å². The van der Waals surface area contributed by atoms with Gasteiger partial charge in [0, 0.05) is 7.05 Å². The zero-order chi connectivity index (χ0) is 17.0. The Labute approximate surface area is 126 Å². The van der Waals surface area contributed by atoms with Gasteiger partial charge in [0.1, 0.15) is 0 Å². The van der Waals surface area contributed by atoms with Crippen molar-refractivity contribution in [1.29, 1.82) is 0 Å². The Hall–Kier alpha value is -2.21. The number of hydrogen-bond donors (Lipinski definition) is 1. The predicted octanol–water partition coefficient (Wildman–Crippen LogP) is 1.58. The Kier molecular flexibility index (Phi) is 5.43. The van der Waals surface area contributed by atoms with E-state index in [1.54, 1.807) is 0 Å². The van der Waals surface area contributed by atoms with Crippen molar-refractivity contribution < 1.29 is 26.4 Å². The fraction of sp³-hybridized carbons (Fsp3) is 0.308. The van der Waals surface area contributed by atoms with Gasteiger partial charge in [-0.3, -0.25) is 9.52 Å². The van der Waals surface area contributed by atoms with E-state index in [1.807, 2.05) is 0 Å². The SMILES string of the molecule is C#CCN(C)C(=O)Cc1ccccc1NS(=O)(=O)C(F)(F)F. The van der Waals surface area contributed by atoms with Crippen LogP contribution in [0, 0.1) is 12.3 Å². The second-order valence-corrected chi connectivity index (χ2v) is 6.01. The summed E-state index contributed by atoms with van der Waals surface area (Å²) in [5.74, 6) is 1.80. The summed E-state index contributed by atoms with van der Waals surface area (Å²) >= 11 is 0. The Morgan fingerprint density at radius 1 is 1.36 bits per heavy atom. The van der Waals surface area contributed by atoms with Gasteiger partial charge in [-0.25, -0.2) is 0 Å². The molecule has 0 bridgehead atoms. The zero-order valence-corrected chi connectivity index (χ0v) is 12.3. The number of anilines is 1. The van der Waals surface area contributed by atoms with Crippen LogP contribution in [0.4, 0.5) is 18.9 Å². The number of alkyl halides is 3. The summed E-state index contributed by atoms with van der Waals surface area (Å²) in [5.41, 5.74) is -5.63. The van der Waals surface area contributed by atoms with E-state index in [1.165, 1.54) is 34.9 Å². The highest BCUT2D eigenvalue weighted by Crippen LogP contribution is 2.27. The van der Waals surface area contributed by atoms with Crippen LogP contribution in [0.15, 0.2) is 24.3 Å². The van der Waals surface area contributed by atoms with E-state index in [0.29, 0.717) is 0 Å². The van der Waals surface area contributed by atoms with Gasteiger partial charge in [0.2, 0.25) is 5.91 Å². The maximum atomic E-state index is 12.4. The second kappa shape index (κ2) is 6.70. The number of nitrogens with one attached hydrogen (secondary N) is 1. The maximum absolute atomic E-state index is 12.4. The molecule has 9 heteroatoms. The minimum Gasteiger partial charge on any atom is -0.334 e. The lowest BCUT2D eigenvalue weighted by Crippen LogP contribution is -2.31. The number of nitrogens with zero attached hydrogens (tertiary/aromatic N) is 1. The highest BCUT2D eigenvalue weighted by molar-refractivity contribution is 7.93. The van der Waals surface area contributed by atoms with Crippen LogP contribution in [-0.4, -0.2) is 38.3 Å². The number of carbonyl (C=O) groups excluding carboxylic acids is 1. The minimum atomic E-state index is -5.55. The third-order valence-corrected chi connectivity index (χ3v) is 3.76. The lowest BCUT2D eigenvalue weighted by molar-refractivity contribution is -0.128. The van der Waals surface area contributed by atoms with Gasteiger partial charge in [-0.2, -0.15) is 21.6 Å². The van der Waals surface area contributed by atoms with Crippen molar-refractivity contribution in [2.75, 3.05) is 18.3 Å². The molecule has 0 aromatic heterocycles. The van der Waals surface area contributed by atoms with Crippen molar-refractivity contribution in [2.45, 2.75) is 11.9 Å². The number of carbonyl (C=O) groups is 1. The first-order valence-corrected chi connectivity index (χ1v) is 7.41. The quantitative estimate of drug-likeness (QED) is 0.832. The van der Waals surface area contributed by atoms with E-state index in [-0.39, 0.29) is 24.2 Å². The largest absolute Gasteiger partial charge is 0.516 e. The Balaban J connectivity index is 3.02. The first-order valence-electron chi connectivity index (χ1n) is 5.93. The molecule has 0 unspecified atom stereocenters. The van der Waals surface area contributed by atoms with Gasteiger partial charge in [0.25, 0.3) is 0 Å². The molecule has 5 nitrogen and oxygen atoms in total. The van der Waals surface area contributed by atoms with E-state index in [9.17, 15) is 26.4 Å². The maximum Gasteiger partial charge on any atom is 0.516 e. The fourth-order valence-corrected chi connectivity index (χ4v) is 2.10. The van der Waals surface area contributed by atoms with Crippen molar-refractivity contribution in [3.05, 3.63) is 29.8 Å². The first kappa shape index (κ1) is 17.8. The van der Waals surface area contributed by atoms with Gasteiger partial charge in [0.15, 0.2) is 0 Å². The number of amides is 1. The van der Waals surface area contributed by atoms with Crippen LogP contribution in [0.3, 0.4) is 0 Å². The molecule has 0 atom stereocenters. The normalized spacial score (nSPS) is 11.6. The topological polar surface area (TPSA) is 66.5 Å². The highest BCUT2D eigenvalue weighted by Gasteiger charge is 2.46. The number of sulfonamides is 1. The van der Waals surface area contributed by atoms with Crippen LogP contribution >= 0.6 is 0 Å². The summed E-state index contributed by atoms with van der Waals surface area (Å²) in [7, 11) is -4.11. The summed E-state index contributed by atoms with van der Waals surface area (Å²) in [6, 6.07) is 5.34. The van der Waals surface area contributed by atoms with E-state index in [4.69, 9.17) is 6.42 Å². The van der Waals surface area contributed by atoms with E-state index < -0.39 is 21.4 Å². The standard InChI is InChI=1S/C13H13F3N2O3S/c1-3-8-18(2)12(19)9-10-6-4-5-7-11(10)17-22(20,21)13(14,15)16/h1,4-7,17H,8-9H2,2H3. The van der Waals surface area contributed by atoms with Gasteiger partial charge in [-0.05, 0) is 11.6 Å². The van der Waals surface area contributed by atoms with E-state index >= 15 is 0 Å². The van der Waals surface area contributed by atoms with Crippen LogP contribution in [0.25, 0.3) is 0 Å². The summed E-state index contributed by atoms with van der Waals surface area (Å²) in [6.45, 7) is 0.0370. The average Bonchev–Trinajstić information content (AvgIpc) is 2.39. The number of benzene rings is 1. The zero-order valence-electron chi connectivity index (χ0n) is 11.5. The number of likely N-dealkylation sites (N-methyl/N-ethyl adjacent to an activating group) is 1. The number of hydrogen-bond acceptors (Lipinski definition) is 3. The molecule has 0 radical (unpaired) electrons. The summed E-state index contributed by atoms with van der Waals surface area (Å²) < 4.78 is 60.9. The third kappa shape index (κ3) is 4.39. The van der Waals surface area contributed by atoms with Gasteiger partial charge in [-0.15, -0.1) is 6.42 Å². The van der Waals surface area contributed by atoms with Gasteiger partial charge in [0.05, 0.1) is 18.7 Å². The molecule has 0 aliphatic heterocycles. The summed E-state index contributed by atoms with van der Waals surface area (Å²) in [5, 5.41) is 0. The lowest BCUT2D eigenvalue weighted by atomic mass is 10.1. The molecule has 1 aromatic rings. The van der Waals surface area contributed by atoms with Crippen molar-refractivity contribution in [3.63, 3.8) is 0 Å². The molecule has 0 fully saturated rings. The Morgan fingerprint density at radius 3 is 2.50 bits per heavy atom. The summed E-state index contributed by atoms with van der Waals surface area (Å²) in [6.07, 6.45) is 4.78. The number of terminal acetylenes is 1. The third-order valence-electron chi connectivity index (χ3n) is 2.66. The summed E-state index contributed by atoms with van der Waals surface area (Å²) in [4.78, 5) is 13.1. The fourth-order valence-electron chi connectivity index (χ4n) is 1.50. The van der Waals surface area contributed by atoms with Crippen LogP contribution in [0.1, 0.15) is 5.56 Å². The predicted molar refractivity (Wildman–Crippen MR) is 75.2 cm³/mol. The Morgan fingerprint density at radius 2 is 1.95 bits per heavy atom. The first-order chi connectivity index (χ1) is 10.1. The van der Waals surface area contributed by atoms with E-state index in [0.717, 1.165) is 6.07 Å². The van der Waals surface area contributed by atoms with Crippen molar-refractivity contribution >= 4 is 21.6 Å². The van der Waals surface area contributed by atoms with Crippen LogP contribution in [0.5, 0.6) is 0 Å². The average molecular weight is 334 g/mol. The molecule has 1 rings (SSSR count). The monoisotopic (exact) mass is 334 g/mol. The molecule has 0 aliphatic carbocycles. The molecule has 0 aliphatic rings. The molecule has 0 saturated carbocycles. The highest BCUT2D eigenvalue weighted by atomic mass is 32.2. The minimum absolute atomic E-state index is 0.0370. The number of rotatable bonds is 5. The van der Waals surface area contributed by atoms with Crippen molar-refractivity contribution in [3.8, 4) is 12.3 Å². The Bertz CT molecular complexity index is 693. The van der Waals surface area contributed by atoms with Crippen molar-refractivity contribution in [1.82, 2.24) is 4.90 Å². The molecule has 1 aromatic carbocycles. The van der Waals surface area contributed by atoms with Crippen molar-refractivity contribution in [2.24, 2.45) is 0 Å².